The van der Waals surface area contributed by atoms with E-state index < -0.39 is 0 Å². The zero-order valence-corrected chi connectivity index (χ0v) is 10.7. The second kappa shape index (κ2) is 3.56. The van der Waals surface area contributed by atoms with Crippen molar-refractivity contribution >= 4 is 17.5 Å². The molecule has 0 N–H and O–H groups in total. The molecule has 5 atom stereocenters. The number of benzene rings is 1. The molecule has 3 aliphatic rings. The number of hydrogen-bond acceptors (Lipinski definition) is 2. The van der Waals surface area contributed by atoms with Crippen LogP contribution < -0.4 is 4.90 Å². The van der Waals surface area contributed by atoms with Gasteiger partial charge in [-0.25, -0.2) is 0 Å². The van der Waals surface area contributed by atoms with E-state index in [9.17, 15) is 9.59 Å². The number of rotatable bonds is 1. The quantitative estimate of drug-likeness (QED) is 0.568. The zero-order chi connectivity index (χ0) is 13.1. The second-order valence-electron chi connectivity index (χ2n) is 5.80. The predicted octanol–water partition coefficient (Wildman–Crippen LogP) is 2.24. The molecule has 1 saturated heterocycles. The average Bonchev–Trinajstić information content (AvgIpc) is 3.01. The summed E-state index contributed by atoms with van der Waals surface area (Å²) in [5.74, 6) is 0.659. The maximum Gasteiger partial charge on any atom is 0.238 e. The molecule has 0 spiro atoms. The topological polar surface area (TPSA) is 37.4 Å². The van der Waals surface area contributed by atoms with E-state index >= 15 is 0 Å². The lowest BCUT2D eigenvalue weighted by Gasteiger charge is -2.19. The van der Waals surface area contributed by atoms with Crippen LogP contribution in [0.5, 0.6) is 0 Å². The van der Waals surface area contributed by atoms with Gasteiger partial charge in [-0.1, -0.05) is 37.3 Å². The molecule has 1 aliphatic heterocycles. The maximum atomic E-state index is 12.6. The Hall–Kier alpha value is -1.90. The average molecular weight is 253 g/mol. The molecule has 2 amide bonds. The first-order valence-corrected chi connectivity index (χ1v) is 6.81. The third kappa shape index (κ3) is 1.23. The fourth-order valence-corrected chi connectivity index (χ4v) is 4.11. The van der Waals surface area contributed by atoms with Crippen LogP contribution in [-0.4, -0.2) is 11.8 Å². The van der Waals surface area contributed by atoms with Crippen molar-refractivity contribution in [3.8, 4) is 0 Å². The van der Waals surface area contributed by atoms with Crippen LogP contribution >= 0.6 is 0 Å². The summed E-state index contributed by atoms with van der Waals surface area (Å²) < 4.78 is 0. The number of nitrogens with zero attached hydrogens (tertiary/aromatic N) is 1. The number of para-hydroxylation sites is 1. The fraction of sp³-hybridized carbons (Fsp3) is 0.375. The molecule has 2 aliphatic carbocycles. The first-order chi connectivity index (χ1) is 9.20. The van der Waals surface area contributed by atoms with Gasteiger partial charge in [0.05, 0.1) is 17.5 Å². The monoisotopic (exact) mass is 253 g/mol. The Kier molecular flexibility index (Phi) is 2.06. The zero-order valence-electron chi connectivity index (χ0n) is 10.7. The third-order valence-corrected chi connectivity index (χ3v) is 5.01. The SMILES string of the molecule is CC1[C@H]2C=C[C@@H]1[C@@H]1C(=O)N(c3ccccc3)C(=O)[C@@H]12. The maximum absolute atomic E-state index is 12.6. The Morgan fingerprint density at radius 3 is 1.95 bits per heavy atom. The summed E-state index contributed by atoms with van der Waals surface area (Å²) in [6.07, 6.45) is 4.27. The Morgan fingerprint density at radius 1 is 0.895 bits per heavy atom. The molecular formula is C16H15NO2. The van der Waals surface area contributed by atoms with Crippen molar-refractivity contribution in [2.75, 3.05) is 4.90 Å². The number of imide groups is 1. The van der Waals surface area contributed by atoms with E-state index in [-0.39, 0.29) is 35.5 Å². The number of amides is 2. The Bertz CT molecular complexity index is 560. The summed E-state index contributed by atoms with van der Waals surface area (Å²) in [5.41, 5.74) is 0.707. The lowest BCUT2D eigenvalue weighted by molar-refractivity contribution is -0.123. The van der Waals surface area contributed by atoms with Gasteiger partial charge in [0.2, 0.25) is 11.8 Å². The Labute approximate surface area is 111 Å². The highest BCUT2D eigenvalue weighted by molar-refractivity contribution is 6.22. The van der Waals surface area contributed by atoms with Crippen LogP contribution in [-0.2, 0) is 9.59 Å². The molecule has 1 aromatic rings. The van der Waals surface area contributed by atoms with Crippen LogP contribution in [0.4, 0.5) is 5.69 Å². The van der Waals surface area contributed by atoms with Gasteiger partial charge in [0.15, 0.2) is 0 Å². The number of hydrogen-bond donors (Lipinski definition) is 0. The first-order valence-electron chi connectivity index (χ1n) is 6.81. The van der Waals surface area contributed by atoms with Gasteiger partial charge in [-0.05, 0) is 29.9 Å². The van der Waals surface area contributed by atoms with E-state index in [1.54, 1.807) is 0 Å². The van der Waals surface area contributed by atoms with Gasteiger partial charge in [-0.3, -0.25) is 14.5 Å². The largest absolute Gasteiger partial charge is 0.274 e. The standard InChI is InChI=1S/C16H15NO2/c1-9-11-7-8-12(9)14-13(11)15(18)17(16(14)19)10-5-3-2-4-6-10/h2-9,11-14H,1H3/t9?,11-,12+,13-,14+. The fourth-order valence-electron chi connectivity index (χ4n) is 4.11. The molecule has 2 bridgehead atoms. The third-order valence-electron chi connectivity index (χ3n) is 5.01. The molecule has 2 fully saturated rings. The van der Waals surface area contributed by atoms with E-state index in [0.29, 0.717) is 11.6 Å². The van der Waals surface area contributed by atoms with Crippen LogP contribution in [0.2, 0.25) is 0 Å². The van der Waals surface area contributed by atoms with Crippen molar-refractivity contribution < 1.29 is 9.59 Å². The highest BCUT2D eigenvalue weighted by Gasteiger charge is 2.62. The summed E-state index contributed by atoms with van der Waals surface area (Å²) in [7, 11) is 0. The van der Waals surface area contributed by atoms with Crippen molar-refractivity contribution in [1.82, 2.24) is 0 Å². The van der Waals surface area contributed by atoms with Gasteiger partial charge >= 0.3 is 0 Å². The van der Waals surface area contributed by atoms with E-state index in [1.807, 2.05) is 30.3 Å². The van der Waals surface area contributed by atoms with Gasteiger partial charge in [0.1, 0.15) is 0 Å². The number of fused-ring (bicyclic) bond motifs is 5. The summed E-state index contributed by atoms with van der Waals surface area (Å²) in [5, 5.41) is 0. The number of allylic oxidation sites excluding steroid dienone is 2. The molecule has 0 aromatic heterocycles. The normalized spacial score (nSPS) is 39.2. The smallest absolute Gasteiger partial charge is 0.238 e. The molecule has 0 radical (unpaired) electrons. The minimum Gasteiger partial charge on any atom is -0.274 e. The van der Waals surface area contributed by atoms with Gasteiger partial charge < -0.3 is 0 Å². The summed E-state index contributed by atoms with van der Waals surface area (Å²) in [6.45, 7) is 2.15. The van der Waals surface area contributed by atoms with Gasteiger partial charge in [-0.2, -0.15) is 0 Å². The number of carbonyl (C=O) groups excluding carboxylic acids is 2. The highest BCUT2D eigenvalue weighted by atomic mass is 16.2. The molecule has 3 heteroatoms. The van der Waals surface area contributed by atoms with Crippen molar-refractivity contribution in [3.05, 3.63) is 42.5 Å². The molecular weight excluding hydrogens is 238 g/mol. The van der Waals surface area contributed by atoms with Crippen LogP contribution in [0.1, 0.15) is 6.92 Å². The molecule has 1 heterocycles. The number of anilines is 1. The van der Waals surface area contributed by atoms with Crippen LogP contribution in [0.25, 0.3) is 0 Å². The van der Waals surface area contributed by atoms with E-state index in [1.165, 1.54) is 4.90 Å². The van der Waals surface area contributed by atoms with Crippen molar-refractivity contribution in [1.29, 1.82) is 0 Å². The van der Waals surface area contributed by atoms with Crippen LogP contribution in [0.15, 0.2) is 42.5 Å². The van der Waals surface area contributed by atoms with Gasteiger partial charge in [0.25, 0.3) is 0 Å². The Balaban J connectivity index is 1.77. The van der Waals surface area contributed by atoms with Gasteiger partial charge in [-0.15, -0.1) is 0 Å². The lowest BCUT2D eigenvalue weighted by atomic mass is 9.85. The first kappa shape index (κ1) is 11.0. The van der Waals surface area contributed by atoms with E-state index in [0.717, 1.165) is 0 Å². The van der Waals surface area contributed by atoms with Gasteiger partial charge in [0, 0.05) is 0 Å². The molecule has 1 unspecified atom stereocenters. The summed E-state index contributed by atoms with van der Waals surface area (Å²) in [6, 6.07) is 9.27. The summed E-state index contributed by atoms with van der Waals surface area (Å²) >= 11 is 0. The van der Waals surface area contributed by atoms with E-state index in [4.69, 9.17) is 0 Å². The van der Waals surface area contributed by atoms with E-state index in [2.05, 4.69) is 19.1 Å². The molecule has 96 valence electrons. The highest BCUT2D eigenvalue weighted by Crippen LogP contribution is 2.56. The second-order valence-corrected chi connectivity index (χ2v) is 5.80. The molecule has 3 nitrogen and oxygen atoms in total. The predicted molar refractivity (Wildman–Crippen MR) is 71.2 cm³/mol. The van der Waals surface area contributed by atoms with Crippen LogP contribution in [0, 0.1) is 29.6 Å². The lowest BCUT2D eigenvalue weighted by Crippen LogP contribution is -2.33. The van der Waals surface area contributed by atoms with Crippen molar-refractivity contribution in [2.24, 2.45) is 29.6 Å². The summed E-state index contributed by atoms with van der Waals surface area (Å²) in [4.78, 5) is 26.6. The molecule has 1 aromatic carbocycles. The number of carbonyl (C=O) groups is 2. The minimum atomic E-state index is -0.127. The van der Waals surface area contributed by atoms with Crippen LogP contribution in [0.3, 0.4) is 0 Å². The minimum absolute atomic E-state index is 0.00935. The molecule has 19 heavy (non-hydrogen) atoms. The molecule has 4 rings (SSSR count). The molecule has 1 saturated carbocycles. The van der Waals surface area contributed by atoms with Crippen molar-refractivity contribution in [2.45, 2.75) is 6.92 Å². The Morgan fingerprint density at radius 2 is 1.42 bits per heavy atom. The van der Waals surface area contributed by atoms with Crippen molar-refractivity contribution in [3.63, 3.8) is 0 Å².